The second-order valence-electron chi connectivity index (χ2n) is 8.41. The topological polar surface area (TPSA) is 82.8 Å². The van der Waals surface area contributed by atoms with E-state index in [1.54, 1.807) is 12.5 Å². The van der Waals surface area contributed by atoms with Crippen molar-refractivity contribution in [1.29, 1.82) is 0 Å². The number of hydrogen-bond donors (Lipinski definition) is 0. The molecule has 2 aliphatic carbocycles. The van der Waals surface area contributed by atoms with Crippen LogP contribution in [0.1, 0.15) is 50.7 Å². The highest BCUT2D eigenvalue weighted by Gasteiger charge is 2.73. The first-order valence-electron chi connectivity index (χ1n) is 9.43. The number of carbonyl (C=O) groups excluding carboxylic acids is 3. The van der Waals surface area contributed by atoms with Crippen LogP contribution in [0.15, 0.2) is 23.0 Å². The number of fused-ring (bicyclic) bond motifs is 1. The van der Waals surface area contributed by atoms with E-state index in [0.717, 1.165) is 18.4 Å². The molecule has 2 saturated heterocycles. The number of Topliss-reactive ketones (excluding diaryl/α,β-unsaturated/α-hetero) is 1. The van der Waals surface area contributed by atoms with Crippen molar-refractivity contribution < 1.29 is 28.3 Å². The Morgan fingerprint density at radius 1 is 1.15 bits per heavy atom. The van der Waals surface area contributed by atoms with E-state index < -0.39 is 16.7 Å². The minimum absolute atomic E-state index is 0.0933. The van der Waals surface area contributed by atoms with Crippen molar-refractivity contribution in [3.8, 4) is 0 Å². The summed E-state index contributed by atoms with van der Waals surface area (Å²) in [5, 5.41) is 0. The molecule has 138 valence electrons. The van der Waals surface area contributed by atoms with Gasteiger partial charge in [-0.1, -0.05) is 13.3 Å². The molecule has 0 N–H and O–H groups in total. The van der Waals surface area contributed by atoms with E-state index in [1.165, 1.54) is 0 Å². The van der Waals surface area contributed by atoms with E-state index in [-0.39, 0.29) is 42.3 Å². The first-order valence-corrected chi connectivity index (χ1v) is 9.43. The van der Waals surface area contributed by atoms with Crippen LogP contribution in [0, 0.1) is 28.6 Å². The summed E-state index contributed by atoms with van der Waals surface area (Å²) in [6.45, 7) is 2.10. The number of hydrogen-bond acceptors (Lipinski definition) is 6. The predicted octanol–water partition coefficient (Wildman–Crippen LogP) is 2.82. The van der Waals surface area contributed by atoms with Crippen LogP contribution in [0.3, 0.4) is 0 Å². The summed E-state index contributed by atoms with van der Waals surface area (Å²) in [4.78, 5) is 38.7. The maximum atomic E-state index is 13.2. The van der Waals surface area contributed by atoms with Crippen molar-refractivity contribution in [1.82, 2.24) is 0 Å². The lowest BCUT2D eigenvalue weighted by Crippen LogP contribution is -2.61. The Morgan fingerprint density at radius 3 is 2.77 bits per heavy atom. The molecule has 4 fully saturated rings. The summed E-state index contributed by atoms with van der Waals surface area (Å²) >= 11 is 0. The summed E-state index contributed by atoms with van der Waals surface area (Å²) in [6, 6.07) is 1.82. The highest BCUT2D eigenvalue weighted by Crippen LogP contribution is 2.67. The maximum Gasteiger partial charge on any atom is 0.313 e. The van der Waals surface area contributed by atoms with E-state index in [0.29, 0.717) is 19.3 Å². The molecule has 6 heteroatoms. The Morgan fingerprint density at radius 2 is 2.00 bits per heavy atom. The van der Waals surface area contributed by atoms with Gasteiger partial charge in [0.15, 0.2) is 0 Å². The van der Waals surface area contributed by atoms with Crippen LogP contribution >= 0.6 is 0 Å². The first kappa shape index (κ1) is 16.1. The van der Waals surface area contributed by atoms with Crippen molar-refractivity contribution >= 4 is 17.7 Å². The molecule has 2 spiro atoms. The third-order valence-electron chi connectivity index (χ3n) is 7.55. The molecular weight excluding hydrogens is 336 g/mol. The van der Waals surface area contributed by atoms with Gasteiger partial charge in [0.05, 0.1) is 29.3 Å². The molecule has 3 heterocycles. The van der Waals surface area contributed by atoms with Gasteiger partial charge in [0.25, 0.3) is 0 Å². The van der Waals surface area contributed by atoms with Crippen LogP contribution in [-0.2, 0) is 23.9 Å². The zero-order valence-electron chi connectivity index (χ0n) is 14.7. The SMILES string of the molecule is C[C@@H]1CC(=O)[C@@]23COC(=O)[C@@H]2CCC[C@@H]3[C@]12C[C@@H](c1ccoc1)OC2=O. The molecule has 0 radical (unpaired) electrons. The number of ketones is 1. The molecule has 0 bridgehead atoms. The van der Waals surface area contributed by atoms with Crippen LogP contribution in [0.25, 0.3) is 0 Å². The summed E-state index contributed by atoms with van der Waals surface area (Å²) < 4.78 is 16.3. The van der Waals surface area contributed by atoms with Crippen LogP contribution < -0.4 is 0 Å². The number of rotatable bonds is 1. The van der Waals surface area contributed by atoms with Crippen molar-refractivity contribution in [3.63, 3.8) is 0 Å². The molecule has 26 heavy (non-hydrogen) atoms. The largest absolute Gasteiger partial charge is 0.472 e. The van der Waals surface area contributed by atoms with Crippen LogP contribution in [0.4, 0.5) is 0 Å². The third-order valence-corrected chi connectivity index (χ3v) is 7.55. The van der Waals surface area contributed by atoms with Gasteiger partial charge in [-0.05, 0) is 30.7 Å². The second-order valence-corrected chi connectivity index (χ2v) is 8.41. The molecule has 2 aliphatic heterocycles. The Kier molecular flexibility index (Phi) is 3.22. The molecule has 4 aliphatic rings. The van der Waals surface area contributed by atoms with Gasteiger partial charge < -0.3 is 13.9 Å². The summed E-state index contributed by atoms with van der Waals surface area (Å²) in [6.07, 6.45) is 5.93. The molecule has 5 rings (SSSR count). The van der Waals surface area contributed by atoms with Gasteiger partial charge in [0.2, 0.25) is 0 Å². The van der Waals surface area contributed by atoms with Crippen molar-refractivity contribution in [2.45, 2.75) is 45.1 Å². The average Bonchev–Trinajstić information content (AvgIpc) is 3.33. The Labute approximate surface area is 151 Å². The molecule has 6 atom stereocenters. The Hall–Kier alpha value is -2.11. The fourth-order valence-corrected chi connectivity index (χ4v) is 6.29. The zero-order chi connectivity index (χ0) is 18.1. The van der Waals surface area contributed by atoms with E-state index in [1.807, 2.05) is 13.0 Å². The average molecular weight is 358 g/mol. The fraction of sp³-hybridized carbons (Fsp3) is 0.650. The molecule has 6 nitrogen and oxygen atoms in total. The molecule has 0 aromatic carbocycles. The number of cyclic esters (lactones) is 2. The van der Waals surface area contributed by atoms with E-state index in [9.17, 15) is 14.4 Å². The first-order chi connectivity index (χ1) is 12.5. The Bertz CT molecular complexity index is 782. The zero-order valence-corrected chi connectivity index (χ0v) is 14.7. The van der Waals surface area contributed by atoms with Gasteiger partial charge in [-0.15, -0.1) is 0 Å². The molecule has 1 aromatic rings. The lowest BCUT2D eigenvalue weighted by Gasteiger charge is -2.54. The highest BCUT2D eigenvalue weighted by atomic mass is 16.6. The molecule has 1 aromatic heterocycles. The monoisotopic (exact) mass is 358 g/mol. The molecule has 0 unspecified atom stereocenters. The quantitative estimate of drug-likeness (QED) is 0.718. The van der Waals surface area contributed by atoms with Crippen molar-refractivity contribution in [2.24, 2.45) is 28.6 Å². The molecule has 2 saturated carbocycles. The van der Waals surface area contributed by atoms with Gasteiger partial charge in [-0.2, -0.15) is 0 Å². The normalized spacial score (nSPS) is 44.6. The molecule has 0 amide bonds. The van der Waals surface area contributed by atoms with E-state index >= 15 is 0 Å². The van der Waals surface area contributed by atoms with Gasteiger partial charge in [-0.25, -0.2) is 0 Å². The van der Waals surface area contributed by atoms with Crippen molar-refractivity contribution in [3.05, 3.63) is 24.2 Å². The second kappa shape index (κ2) is 5.21. The van der Waals surface area contributed by atoms with Crippen molar-refractivity contribution in [2.75, 3.05) is 6.61 Å². The van der Waals surface area contributed by atoms with Crippen LogP contribution in [-0.4, -0.2) is 24.3 Å². The number of ether oxygens (including phenoxy) is 2. The highest BCUT2D eigenvalue weighted by molar-refractivity contribution is 5.96. The standard InChI is InChI=1S/C20H22O6/c1-11-7-16(21)20-10-25-17(22)13(20)3-2-4-15(20)19(11)8-14(26-18(19)23)12-5-6-24-9-12/h5-6,9,11,13-15H,2-4,7-8,10H2,1H3/t11-,13+,14+,15-,19+,20+/m1/s1. The number of esters is 2. The summed E-state index contributed by atoms with van der Waals surface area (Å²) in [5.41, 5.74) is -0.728. The fourth-order valence-electron chi connectivity index (χ4n) is 6.29. The lowest BCUT2D eigenvalue weighted by molar-refractivity contribution is -0.174. The van der Waals surface area contributed by atoms with Gasteiger partial charge in [0.1, 0.15) is 18.5 Å². The minimum atomic E-state index is -0.841. The van der Waals surface area contributed by atoms with Gasteiger partial charge in [-0.3, -0.25) is 14.4 Å². The summed E-state index contributed by atoms with van der Waals surface area (Å²) in [5.74, 6) is -1.11. The minimum Gasteiger partial charge on any atom is -0.472 e. The van der Waals surface area contributed by atoms with Gasteiger partial charge >= 0.3 is 11.9 Å². The van der Waals surface area contributed by atoms with E-state index in [2.05, 4.69) is 0 Å². The predicted molar refractivity (Wildman–Crippen MR) is 87.6 cm³/mol. The van der Waals surface area contributed by atoms with Crippen LogP contribution in [0.5, 0.6) is 0 Å². The van der Waals surface area contributed by atoms with E-state index in [4.69, 9.17) is 13.9 Å². The Balaban J connectivity index is 1.61. The van der Waals surface area contributed by atoms with Gasteiger partial charge in [0, 0.05) is 18.4 Å². The lowest BCUT2D eigenvalue weighted by atomic mass is 9.44. The summed E-state index contributed by atoms with van der Waals surface area (Å²) in [7, 11) is 0. The number of carbonyl (C=O) groups is 3. The molecular formula is C20H22O6. The third kappa shape index (κ3) is 1.75. The smallest absolute Gasteiger partial charge is 0.313 e. The van der Waals surface area contributed by atoms with Crippen LogP contribution in [0.2, 0.25) is 0 Å². The maximum absolute atomic E-state index is 13.2. The number of furan rings is 1.